The van der Waals surface area contributed by atoms with Gasteiger partial charge in [-0.15, -0.1) is 0 Å². The molecule has 0 radical (unpaired) electrons. The van der Waals surface area contributed by atoms with Crippen LogP contribution >= 0.6 is 0 Å². The molecule has 114 valence electrons. The minimum absolute atomic E-state index is 0.0256. The highest BCUT2D eigenvalue weighted by Crippen LogP contribution is 2.32. The first-order chi connectivity index (χ1) is 9.74. The predicted molar refractivity (Wildman–Crippen MR) is 74.7 cm³/mol. The van der Waals surface area contributed by atoms with Gasteiger partial charge in [-0.1, -0.05) is 0 Å². The number of halogens is 2. The van der Waals surface area contributed by atoms with E-state index in [2.05, 4.69) is 0 Å². The Morgan fingerprint density at radius 3 is 2.57 bits per heavy atom. The van der Waals surface area contributed by atoms with Crippen LogP contribution in [0.3, 0.4) is 0 Å². The number of benzene rings is 1. The van der Waals surface area contributed by atoms with Gasteiger partial charge in [0.1, 0.15) is 5.60 Å². The lowest BCUT2D eigenvalue weighted by Gasteiger charge is -2.22. The van der Waals surface area contributed by atoms with E-state index in [0.717, 1.165) is 10.6 Å². The topological polar surface area (TPSA) is 40.5 Å². The molecule has 0 aliphatic heterocycles. The Kier molecular flexibility index (Phi) is 3.89. The summed E-state index contributed by atoms with van der Waals surface area (Å²) in [4.78, 5) is 11.7. The largest absolute Gasteiger partial charge is 0.485 e. The lowest BCUT2D eigenvalue weighted by atomic mass is 10.1. The third-order valence-corrected chi connectivity index (χ3v) is 2.70. The average Bonchev–Trinajstić information content (AvgIpc) is 2.79. The Morgan fingerprint density at radius 1 is 1.33 bits per heavy atom. The number of fused-ring (bicyclic) bond motifs is 1. The van der Waals surface area contributed by atoms with Crippen LogP contribution in [0.15, 0.2) is 18.3 Å². The molecule has 21 heavy (non-hydrogen) atoms. The van der Waals surface area contributed by atoms with Gasteiger partial charge in [-0.05, 0) is 33.8 Å². The van der Waals surface area contributed by atoms with Gasteiger partial charge in [0.2, 0.25) is 0 Å². The number of rotatable bonds is 2. The van der Waals surface area contributed by atoms with E-state index >= 15 is 0 Å². The van der Waals surface area contributed by atoms with Gasteiger partial charge < -0.3 is 9.47 Å². The van der Waals surface area contributed by atoms with Gasteiger partial charge in [0.05, 0.1) is 12.1 Å². The molecule has 1 aromatic heterocycles. The highest BCUT2D eigenvalue weighted by atomic mass is 19.1. The molecule has 0 bridgehead atoms. The van der Waals surface area contributed by atoms with Crippen LogP contribution in [0.5, 0.6) is 5.75 Å². The summed E-state index contributed by atoms with van der Waals surface area (Å²) in [5, 5.41) is -0.0256. The summed E-state index contributed by atoms with van der Waals surface area (Å²) in [5.41, 5.74) is -0.822. The maximum Gasteiger partial charge on any atom is 0.418 e. The maximum atomic E-state index is 14.4. The van der Waals surface area contributed by atoms with Crippen LogP contribution in [-0.4, -0.2) is 22.9 Å². The quantitative estimate of drug-likeness (QED) is 0.838. The second-order valence-corrected chi connectivity index (χ2v) is 5.53. The van der Waals surface area contributed by atoms with E-state index in [0.29, 0.717) is 0 Å². The number of hydrogen-bond acceptors (Lipinski definition) is 3. The Balaban J connectivity index is 2.58. The number of carbonyl (C=O) groups is 1. The summed E-state index contributed by atoms with van der Waals surface area (Å²) in [6.45, 7) is 6.98. The fourth-order valence-corrected chi connectivity index (χ4v) is 1.98. The molecule has 0 spiro atoms. The number of hydrogen-bond donors (Lipinski definition) is 0. The van der Waals surface area contributed by atoms with Gasteiger partial charge in [-0.3, -0.25) is 0 Å². The van der Waals surface area contributed by atoms with Crippen LogP contribution < -0.4 is 4.74 Å². The molecule has 2 aromatic rings. The molecule has 0 unspecified atom stereocenters. The third-order valence-electron chi connectivity index (χ3n) is 2.70. The maximum absolute atomic E-state index is 14.4. The summed E-state index contributed by atoms with van der Waals surface area (Å²) >= 11 is 0. The van der Waals surface area contributed by atoms with Gasteiger partial charge >= 0.3 is 6.09 Å². The summed E-state index contributed by atoms with van der Waals surface area (Å²) in [6.07, 6.45) is 0.519. The zero-order chi connectivity index (χ0) is 15.8. The molecule has 0 aliphatic rings. The molecule has 0 N–H and O–H groups in total. The van der Waals surface area contributed by atoms with Crippen molar-refractivity contribution in [2.75, 3.05) is 6.61 Å². The van der Waals surface area contributed by atoms with Crippen molar-refractivity contribution >= 4 is 17.0 Å². The Labute approximate surface area is 121 Å². The summed E-state index contributed by atoms with van der Waals surface area (Å²) in [7, 11) is 0. The van der Waals surface area contributed by atoms with E-state index in [1.165, 1.54) is 12.3 Å². The minimum atomic E-state index is -0.754. The van der Waals surface area contributed by atoms with Crippen molar-refractivity contribution in [3.05, 3.63) is 30.0 Å². The average molecular weight is 297 g/mol. The van der Waals surface area contributed by atoms with Crippen molar-refractivity contribution in [2.24, 2.45) is 0 Å². The number of aromatic nitrogens is 1. The second-order valence-electron chi connectivity index (χ2n) is 5.53. The Hall–Kier alpha value is -2.11. The molecule has 6 heteroatoms. The van der Waals surface area contributed by atoms with Crippen molar-refractivity contribution in [2.45, 2.75) is 33.3 Å². The first kappa shape index (κ1) is 15.3. The van der Waals surface area contributed by atoms with Crippen LogP contribution in [0.1, 0.15) is 27.7 Å². The van der Waals surface area contributed by atoms with Crippen LogP contribution in [0.4, 0.5) is 13.6 Å². The number of nitrogens with zero attached hydrogens (tertiary/aromatic N) is 1. The van der Waals surface area contributed by atoms with Crippen LogP contribution in [0.2, 0.25) is 0 Å². The summed E-state index contributed by atoms with van der Waals surface area (Å²) in [5.74, 6) is -1.64. The normalized spacial score (nSPS) is 11.7. The molecule has 1 heterocycles. The van der Waals surface area contributed by atoms with Crippen LogP contribution in [0, 0.1) is 11.6 Å². The van der Waals surface area contributed by atoms with E-state index in [-0.39, 0.29) is 23.3 Å². The monoisotopic (exact) mass is 297 g/mol. The molecule has 1 aromatic carbocycles. The van der Waals surface area contributed by atoms with Crippen molar-refractivity contribution in [1.29, 1.82) is 0 Å². The van der Waals surface area contributed by atoms with E-state index in [9.17, 15) is 13.6 Å². The first-order valence-electron chi connectivity index (χ1n) is 6.60. The number of ether oxygens (including phenoxy) is 2. The molecule has 0 saturated heterocycles. The minimum Gasteiger partial charge on any atom is -0.485 e. The highest BCUT2D eigenvalue weighted by molar-refractivity contribution is 5.91. The Bertz CT molecular complexity index is 686. The van der Waals surface area contributed by atoms with E-state index in [4.69, 9.17) is 9.47 Å². The van der Waals surface area contributed by atoms with Crippen LogP contribution in [0.25, 0.3) is 10.9 Å². The van der Waals surface area contributed by atoms with E-state index in [1.807, 2.05) is 0 Å². The lowest BCUT2D eigenvalue weighted by molar-refractivity contribution is 0.124. The first-order valence-corrected chi connectivity index (χ1v) is 6.60. The molecule has 0 atom stereocenters. The zero-order valence-electron chi connectivity index (χ0n) is 12.4. The van der Waals surface area contributed by atoms with Crippen molar-refractivity contribution in [3.63, 3.8) is 0 Å². The van der Waals surface area contributed by atoms with Gasteiger partial charge in [0, 0.05) is 17.6 Å². The number of carbonyl (C=O) groups excluding carboxylic acids is 1. The van der Waals surface area contributed by atoms with Crippen molar-refractivity contribution < 1.29 is 23.0 Å². The smallest absolute Gasteiger partial charge is 0.418 e. The highest BCUT2D eigenvalue weighted by Gasteiger charge is 2.22. The summed E-state index contributed by atoms with van der Waals surface area (Å²) < 4.78 is 39.8. The van der Waals surface area contributed by atoms with Crippen molar-refractivity contribution in [3.8, 4) is 5.75 Å². The molecule has 0 amide bonds. The van der Waals surface area contributed by atoms with Gasteiger partial charge in [0.15, 0.2) is 17.4 Å². The lowest BCUT2D eigenvalue weighted by Crippen LogP contribution is -2.23. The predicted octanol–water partition coefficient (Wildman–Crippen LogP) is 4.10. The molecule has 0 fully saturated rings. The summed E-state index contributed by atoms with van der Waals surface area (Å²) in [6, 6.07) is 2.26. The van der Waals surface area contributed by atoms with E-state index < -0.39 is 23.3 Å². The van der Waals surface area contributed by atoms with E-state index in [1.54, 1.807) is 27.7 Å². The Morgan fingerprint density at radius 2 is 2.00 bits per heavy atom. The fraction of sp³-hybridized carbons (Fsp3) is 0.400. The molecular weight excluding hydrogens is 280 g/mol. The van der Waals surface area contributed by atoms with Gasteiger partial charge in [-0.25, -0.2) is 18.1 Å². The van der Waals surface area contributed by atoms with Gasteiger partial charge in [0.25, 0.3) is 0 Å². The van der Waals surface area contributed by atoms with Crippen molar-refractivity contribution in [1.82, 2.24) is 4.57 Å². The van der Waals surface area contributed by atoms with Gasteiger partial charge in [-0.2, -0.15) is 0 Å². The fourth-order valence-electron chi connectivity index (χ4n) is 1.98. The zero-order valence-corrected chi connectivity index (χ0v) is 12.4. The molecule has 0 saturated carbocycles. The molecule has 0 aliphatic carbocycles. The third kappa shape index (κ3) is 2.99. The molecule has 4 nitrogen and oxygen atoms in total. The standard InChI is InChI=1S/C15H17F2NO3/c1-5-20-14(19)18-7-6-9-12(17)11(21-15(2,3)4)8-10(16)13(9)18/h6-8H,5H2,1-4H3. The second kappa shape index (κ2) is 5.35. The molecule has 2 rings (SSSR count). The van der Waals surface area contributed by atoms with Crippen LogP contribution in [-0.2, 0) is 4.74 Å². The SMILES string of the molecule is CCOC(=O)n1ccc2c(F)c(OC(C)(C)C)cc(F)c21. The molecular formula is C15H17F2NO3.